The van der Waals surface area contributed by atoms with Gasteiger partial charge in [0.2, 0.25) is 5.91 Å². The van der Waals surface area contributed by atoms with Gasteiger partial charge in [-0.25, -0.2) is 0 Å². The minimum absolute atomic E-state index is 0.224. The summed E-state index contributed by atoms with van der Waals surface area (Å²) in [7, 11) is 0. The number of thioether (sulfide) groups is 1. The molecule has 1 heterocycles. The number of hydrogen-bond donors (Lipinski definition) is 1. The van der Waals surface area contributed by atoms with Gasteiger partial charge in [0.25, 0.3) is 11.1 Å². The summed E-state index contributed by atoms with van der Waals surface area (Å²) in [6.07, 6.45) is 1.55. The summed E-state index contributed by atoms with van der Waals surface area (Å²) in [4.78, 5) is 38.0. The fourth-order valence-corrected chi connectivity index (χ4v) is 3.60. The number of carbonyl (C=O) groups excluding carboxylic acids is 3. The fraction of sp³-hybridized carbons (Fsp3) is 0.105. The molecule has 3 amide bonds. The summed E-state index contributed by atoms with van der Waals surface area (Å²) >= 11 is 12.6. The molecule has 8 heteroatoms. The molecule has 1 aliphatic heterocycles. The molecule has 0 radical (unpaired) electrons. The van der Waals surface area contributed by atoms with E-state index in [0.29, 0.717) is 21.3 Å². The highest BCUT2D eigenvalue weighted by molar-refractivity contribution is 8.18. The van der Waals surface area contributed by atoms with Crippen molar-refractivity contribution >= 4 is 63.8 Å². The Kier molecular flexibility index (Phi) is 5.89. The van der Waals surface area contributed by atoms with Crippen LogP contribution in [0.25, 0.3) is 6.08 Å². The molecule has 1 fully saturated rings. The lowest BCUT2D eigenvalue weighted by molar-refractivity contribution is -0.127. The Morgan fingerprint density at radius 1 is 1.15 bits per heavy atom. The Hall–Kier alpha value is -2.28. The van der Waals surface area contributed by atoms with Gasteiger partial charge >= 0.3 is 0 Å². The van der Waals surface area contributed by atoms with Crippen molar-refractivity contribution in [2.75, 3.05) is 11.9 Å². The Balaban J connectivity index is 1.71. The van der Waals surface area contributed by atoms with Gasteiger partial charge in [-0.3, -0.25) is 19.3 Å². The molecule has 2 aromatic rings. The number of rotatable bonds is 4. The summed E-state index contributed by atoms with van der Waals surface area (Å²) in [5.74, 6) is -0.964. The van der Waals surface area contributed by atoms with E-state index >= 15 is 0 Å². The first kappa shape index (κ1) is 19.5. The van der Waals surface area contributed by atoms with Gasteiger partial charge in [0.15, 0.2) is 0 Å². The predicted molar refractivity (Wildman–Crippen MR) is 109 cm³/mol. The largest absolute Gasteiger partial charge is 0.325 e. The number of benzene rings is 2. The van der Waals surface area contributed by atoms with Gasteiger partial charge in [-0.15, -0.1) is 0 Å². The monoisotopic (exact) mass is 420 g/mol. The molecule has 138 valence electrons. The van der Waals surface area contributed by atoms with Crippen molar-refractivity contribution in [3.05, 3.63) is 68.5 Å². The minimum Gasteiger partial charge on any atom is -0.325 e. The van der Waals surface area contributed by atoms with Gasteiger partial charge in [-0.2, -0.15) is 0 Å². The van der Waals surface area contributed by atoms with E-state index in [1.54, 1.807) is 36.4 Å². The van der Waals surface area contributed by atoms with E-state index in [4.69, 9.17) is 23.2 Å². The number of aryl methyl sites for hydroxylation is 1. The smallest absolute Gasteiger partial charge is 0.294 e. The fourth-order valence-electron chi connectivity index (χ4n) is 2.46. The third kappa shape index (κ3) is 4.71. The van der Waals surface area contributed by atoms with Crippen molar-refractivity contribution in [1.29, 1.82) is 0 Å². The maximum atomic E-state index is 12.5. The Labute approximate surface area is 170 Å². The highest BCUT2D eigenvalue weighted by Gasteiger charge is 2.36. The number of nitrogens with one attached hydrogen (secondary N) is 1. The van der Waals surface area contributed by atoms with Crippen molar-refractivity contribution in [1.82, 2.24) is 4.90 Å². The van der Waals surface area contributed by atoms with Crippen LogP contribution < -0.4 is 5.32 Å². The third-order valence-electron chi connectivity index (χ3n) is 3.72. The number of anilines is 1. The van der Waals surface area contributed by atoms with Gasteiger partial charge in [0.1, 0.15) is 6.54 Å². The molecule has 0 aromatic heterocycles. The summed E-state index contributed by atoms with van der Waals surface area (Å²) in [6, 6.07) is 12.1. The van der Waals surface area contributed by atoms with Crippen LogP contribution in [0.3, 0.4) is 0 Å². The zero-order chi connectivity index (χ0) is 19.6. The van der Waals surface area contributed by atoms with E-state index in [-0.39, 0.29) is 11.4 Å². The SMILES string of the molecule is Cc1cccc(NC(=O)CN2C(=O)S/C(=C\c3ccc(Cl)c(Cl)c3)C2=O)c1. The second-order valence-electron chi connectivity index (χ2n) is 5.86. The average molecular weight is 421 g/mol. The molecule has 1 saturated heterocycles. The van der Waals surface area contributed by atoms with Gasteiger partial charge in [-0.05, 0) is 60.2 Å². The maximum Gasteiger partial charge on any atom is 0.294 e. The zero-order valence-corrected chi connectivity index (χ0v) is 16.5. The maximum absolute atomic E-state index is 12.5. The Morgan fingerprint density at radius 3 is 2.63 bits per heavy atom. The van der Waals surface area contributed by atoms with Crippen molar-refractivity contribution < 1.29 is 14.4 Å². The molecule has 0 atom stereocenters. The van der Waals surface area contributed by atoms with Crippen LogP contribution in [0, 0.1) is 6.92 Å². The van der Waals surface area contributed by atoms with E-state index in [1.165, 1.54) is 0 Å². The van der Waals surface area contributed by atoms with Crippen LogP contribution >= 0.6 is 35.0 Å². The zero-order valence-electron chi connectivity index (χ0n) is 14.2. The van der Waals surface area contributed by atoms with Gasteiger partial charge in [0.05, 0.1) is 15.0 Å². The second-order valence-corrected chi connectivity index (χ2v) is 7.67. The molecule has 1 N–H and O–H groups in total. The molecular weight excluding hydrogens is 407 g/mol. The summed E-state index contributed by atoms with van der Waals surface area (Å²) in [5, 5.41) is 2.94. The highest BCUT2D eigenvalue weighted by Crippen LogP contribution is 2.33. The molecule has 0 bridgehead atoms. The van der Waals surface area contributed by atoms with E-state index in [2.05, 4.69) is 5.32 Å². The molecule has 3 rings (SSSR count). The van der Waals surface area contributed by atoms with E-state index in [1.807, 2.05) is 19.1 Å². The van der Waals surface area contributed by atoms with Crippen molar-refractivity contribution in [3.63, 3.8) is 0 Å². The molecule has 5 nitrogen and oxygen atoms in total. The second kappa shape index (κ2) is 8.17. The predicted octanol–water partition coefficient (Wildman–Crippen LogP) is 4.98. The lowest BCUT2D eigenvalue weighted by Crippen LogP contribution is -2.36. The molecule has 2 aromatic carbocycles. The summed E-state index contributed by atoms with van der Waals surface area (Å²) < 4.78 is 0. The van der Waals surface area contributed by atoms with Gasteiger partial charge < -0.3 is 5.32 Å². The highest BCUT2D eigenvalue weighted by atomic mass is 35.5. The van der Waals surface area contributed by atoms with Crippen LogP contribution in [0.5, 0.6) is 0 Å². The van der Waals surface area contributed by atoms with Gasteiger partial charge in [-0.1, -0.05) is 41.4 Å². The van der Waals surface area contributed by atoms with Crippen molar-refractivity contribution in [3.8, 4) is 0 Å². The lowest BCUT2D eigenvalue weighted by Gasteiger charge is -2.12. The summed E-state index contributed by atoms with van der Waals surface area (Å²) in [5.41, 5.74) is 2.24. The van der Waals surface area contributed by atoms with Crippen LogP contribution in [0.1, 0.15) is 11.1 Å². The minimum atomic E-state index is -0.518. The number of nitrogens with zero attached hydrogens (tertiary/aromatic N) is 1. The van der Waals surface area contributed by atoms with Gasteiger partial charge in [0, 0.05) is 5.69 Å². The standard InChI is InChI=1S/C19H14Cl2N2O3S/c1-11-3-2-4-13(7-11)22-17(24)10-23-18(25)16(27-19(23)26)9-12-5-6-14(20)15(21)8-12/h2-9H,10H2,1H3,(H,22,24)/b16-9-. The Morgan fingerprint density at radius 2 is 1.93 bits per heavy atom. The number of imide groups is 1. The van der Waals surface area contributed by atoms with E-state index < -0.39 is 17.1 Å². The van der Waals surface area contributed by atoms with Crippen LogP contribution in [-0.4, -0.2) is 28.5 Å². The number of carbonyl (C=O) groups is 3. The van der Waals surface area contributed by atoms with E-state index in [0.717, 1.165) is 22.2 Å². The van der Waals surface area contributed by atoms with Crippen LogP contribution in [0.15, 0.2) is 47.4 Å². The Bertz CT molecular complexity index is 975. The topological polar surface area (TPSA) is 66.5 Å². The normalized spacial score (nSPS) is 15.5. The molecule has 0 saturated carbocycles. The van der Waals surface area contributed by atoms with Crippen LogP contribution in [0.2, 0.25) is 10.0 Å². The lowest BCUT2D eigenvalue weighted by atomic mass is 10.2. The molecule has 1 aliphatic rings. The average Bonchev–Trinajstić information content (AvgIpc) is 2.85. The van der Waals surface area contributed by atoms with Crippen molar-refractivity contribution in [2.24, 2.45) is 0 Å². The first-order valence-corrected chi connectivity index (χ1v) is 9.47. The first-order chi connectivity index (χ1) is 12.8. The molecule has 0 unspecified atom stereocenters. The number of halogens is 2. The van der Waals surface area contributed by atoms with Crippen LogP contribution in [-0.2, 0) is 9.59 Å². The third-order valence-corrected chi connectivity index (χ3v) is 5.36. The first-order valence-electron chi connectivity index (χ1n) is 7.90. The number of amides is 3. The summed E-state index contributed by atoms with van der Waals surface area (Å²) in [6.45, 7) is 1.55. The van der Waals surface area contributed by atoms with Crippen molar-refractivity contribution in [2.45, 2.75) is 6.92 Å². The quantitative estimate of drug-likeness (QED) is 0.708. The molecule has 0 aliphatic carbocycles. The van der Waals surface area contributed by atoms with E-state index in [9.17, 15) is 14.4 Å². The number of hydrogen-bond acceptors (Lipinski definition) is 4. The molecule has 0 spiro atoms. The molecular formula is C19H14Cl2N2O3S. The molecule has 27 heavy (non-hydrogen) atoms. The van der Waals surface area contributed by atoms with Crippen LogP contribution in [0.4, 0.5) is 10.5 Å².